The lowest BCUT2D eigenvalue weighted by molar-refractivity contribution is -0.388. The second-order valence-electron chi connectivity index (χ2n) is 3.42. The molecule has 104 valence electrons. The number of nitrogens with zero attached hydrogens (tertiary/aromatic N) is 1. The van der Waals surface area contributed by atoms with E-state index in [1.54, 1.807) is 0 Å². The van der Waals surface area contributed by atoms with Crippen molar-refractivity contribution in [3.63, 3.8) is 0 Å². The van der Waals surface area contributed by atoms with Gasteiger partial charge >= 0.3 is 12.0 Å². The quantitative estimate of drug-likeness (QED) is 0.469. The summed E-state index contributed by atoms with van der Waals surface area (Å²) in [6, 6.07) is 3.25. The van der Waals surface area contributed by atoms with Gasteiger partial charge in [-0.25, -0.2) is 0 Å². The molecule has 0 radical (unpaired) electrons. The number of nitro groups is 1. The molecule has 0 N–H and O–H groups in total. The van der Waals surface area contributed by atoms with Gasteiger partial charge in [-0.1, -0.05) is 28.1 Å². The molecule has 9 heteroatoms. The number of carbonyl (C=O) groups excluding carboxylic acids is 1. The zero-order valence-corrected chi connectivity index (χ0v) is 10.8. The molecule has 0 aromatic heterocycles. The first-order chi connectivity index (χ1) is 8.74. The fourth-order valence-corrected chi connectivity index (χ4v) is 1.55. The van der Waals surface area contributed by atoms with E-state index in [0.717, 1.165) is 6.07 Å². The second-order valence-corrected chi connectivity index (χ2v) is 3.98. The highest BCUT2D eigenvalue weighted by Crippen LogP contribution is 2.35. The number of Topliss-reactive ketones (excluding diaryl/α,β-unsaturated/α-hetero) is 1. The lowest BCUT2D eigenvalue weighted by Gasteiger charge is -2.12. The number of halogens is 4. The molecule has 0 saturated carbocycles. The Labute approximate surface area is 113 Å². The Hall–Kier alpha value is -1.64. The molecule has 0 fully saturated rings. The van der Waals surface area contributed by atoms with Crippen LogP contribution in [0, 0.1) is 10.1 Å². The Morgan fingerprint density at radius 1 is 1.42 bits per heavy atom. The van der Waals surface area contributed by atoms with Crippen LogP contribution in [0.2, 0.25) is 0 Å². The minimum Gasteiger partial charge on any atom is -0.398 e. The molecule has 1 aromatic carbocycles. The average molecular weight is 342 g/mol. The molecule has 0 atom stereocenters. The molecule has 0 aliphatic rings. The number of alkyl halides is 4. The van der Waals surface area contributed by atoms with Gasteiger partial charge in [-0.3, -0.25) is 14.9 Å². The van der Waals surface area contributed by atoms with E-state index in [-0.39, 0.29) is 10.9 Å². The molecule has 0 aliphatic heterocycles. The lowest BCUT2D eigenvalue weighted by atomic mass is 10.1. The molecular weight excluding hydrogens is 335 g/mol. The molecule has 0 bridgehead atoms. The number of ether oxygens (including phenoxy) is 1. The van der Waals surface area contributed by atoms with Crippen molar-refractivity contribution in [2.24, 2.45) is 0 Å². The molecule has 1 rings (SSSR count). The van der Waals surface area contributed by atoms with Crippen molar-refractivity contribution in [3.8, 4) is 5.75 Å². The van der Waals surface area contributed by atoms with Crippen molar-refractivity contribution in [1.82, 2.24) is 0 Å². The highest BCUT2D eigenvalue weighted by atomic mass is 79.9. The number of para-hydroxylation sites is 1. The van der Waals surface area contributed by atoms with Crippen LogP contribution in [0.3, 0.4) is 0 Å². The molecule has 0 amide bonds. The fourth-order valence-electron chi connectivity index (χ4n) is 1.35. The van der Waals surface area contributed by atoms with Gasteiger partial charge < -0.3 is 4.74 Å². The summed E-state index contributed by atoms with van der Waals surface area (Å²) in [5.41, 5.74) is -1.02. The zero-order chi connectivity index (χ0) is 14.6. The van der Waals surface area contributed by atoms with Gasteiger partial charge in [0, 0.05) is 18.1 Å². The van der Waals surface area contributed by atoms with E-state index < -0.39 is 34.9 Å². The molecule has 0 saturated heterocycles. The third-order valence-corrected chi connectivity index (χ3v) is 2.65. The first-order valence-electron chi connectivity index (χ1n) is 4.84. The summed E-state index contributed by atoms with van der Waals surface area (Å²) in [6.07, 6.45) is -5.46. The van der Waals surface area contributed by atoms with Gasteiger partial charge in [-0.2, -0.15) is 0 Å². The highest BCUT2D eigenvalue weighted by molar-refractivity contribution is 9.09. The maximum Gasteiger partial charge on any atom is 0.573 e. The Morgan fingerprint density at radius 3 is 2.53 bits per heavy atom. The topological polar surface area (TPSA) is 69.4 Å². The highest BCUT2D eigenvalue weighted by Gasteiger charge is 2.36. The third kappa shape index (κ3) is 4.51. The van der Waals surface area contributed by atoms with Crippen molar-refractivity contribution in [2.75, 3.05) is 5.33 Å². The van der Waals surface area contributed by atoms with Gasteiger partial charge in [-0.15, -0.1) is 13.2 Å². The molecule has 0 heterocycles. The summed E-state index contributed by atoms with van der Waals surface area (Å²) >= 11 is 2.86. The Kier molecular flexibility index (Phi) is 4.87. The van der Waals surface area contributed by atoms with Crippen molar-refractivity contribution in [2.45, 2.75) is 12.8 Å². The second kappa shape index (κ2) is 6.00. The number of benzene rings is 1. The summed E-state index contributed by atoms with van der Waals surface area (Å²) in [7, 11) is 0. The average Bonchev–Trinajstić information content (AvgIpc) is 2.28. The Morgan fingerprint density at radius 2 is 2.05 bits per heavy atom. The van der Waals surface area contributed by atoms with E-state index in [0.29, 0.717) is 0 Å². The lowest BCUT2D eigenvalue weighted by Crippen LogP contribution is -2.19. The first-order valence-corrected chi connectivity index (χ1v) is 5.96. The van der Waals surface area contributed by atoms with Crippen LogP contribution in [-0.4, -0.2) is 22.4 Å². The predicted octanol–water partition coefficient (Wildman–Crippen LogP) is 3.00. The molecule has 0 aliphatic carbocycles. The van der Waals surface area contributed by atoms with Crippen LogP contribution >= 0.6 is 15.9 Å². The van der Waals surface area contributed by atoms with Gasteiger partial charge in [0.15, 0.2) is 0 Å². The summed E-state index contributed by atoms with van der Waals surface area (Å²) in [5.74, 6) is -1.37. The normalized spacial score (nSPS) is 11.2. The number of hydrogen-bond acceptors (Lipinski definition) is 4. The van der Waals surface area contributed by atoms with Crippen LogP contribution in [0.5, 0.6) is 5.75 Å². The maximum absolute atomic E-state index is 12.2. The minimum atomic E-state index is -5.07. The van der Waals surface area contributed by atoms with E-state index in [4.69, 9.17) is 0 Å². The van der Waals surface area contributed by atoms with Crippen molar-refractivity contribution in [1.29, 1.82) is 0 Å². The van der Waals surface area contributed by atoms with Crippen LogP contribution < -0.4 is 4.74 Å². The van der Waals surface area contributed by atoms with Gasteiger partial charge in [0.1, 0.15) is 5.78 Å². The Bertz CT molecular complexity index is 504. The van der Waals surface area contributed by atoms with Gasteiger partial charge in [0.05, 0.1) is 10.3 Å². The third-order valence-electron chi connectivity index (χ3n) is 2.03. The minimum absolute atomic E-state index is 0.0683. The van der Waals surface area contributed by atoms with Crippen molar-refractivity contribution >= 4 is 27.4 Å². The predicted molar refractivity (Wildman–Crippen MR) is 62.3 cm³/mol. The molecule has 19 heavy (non-hydrogen) atoms. The van der Waals surface area contributed by atoms with Gasteiger partial charge in [0.2, 0.25) is 5.75 Å². The maximum atomic E-state index is 12.2. The van der Waals surface area contributed by atoms with Crippen LogP contribution in [-0.2, 0) is 11.2 Å². The number of hydrogen-bond donors (Lipinski definition) is 0. The summed E-state index contributed by atoms with van der Waals surface area (Å²) < 4.78 is 40.4. The standard InChI is InChI=1S/C10H7BrF3NO4/c11-5-7(16)4-6-2-1-3-8(15(17)18)9(6)19-10(12,13)14/h1-3H,4-5H2. The van der Waals surface area contributed by atoms with E-state index >= 15 is 0 Å². The number of rotatable bonds is 5. The van der Waals surface area contributed by atoms with E-state index in [1.807, 2.05) is 0 Å². The summed E-state index contributed by atoms with van der Waals surface area (Å²) in [4.78, 5) is 20.9. The van der Waals surface area contributed by atoms with E-state index in [2.05, 4.69) is 20.7 Å². The van der Waals surface area contributed by atoms with Crippen LogP contribution in [0.1, 0.15) is 5.56 Å². The van der Waals surface area contributed by atoms with Crippen LogP contribution in [0.4, 0.5) is 18.9 Å². The smallest absolute Gasteiger partial charge is 0.398 e. The molecule has 0 spiro atoms. The Balaban J connectivity index is 3.25. The number of nitro benzene ring substituents is 1. The van der Waals surface area contributed by atoms with Gasteiger partial charge in [-0.05, 0) is 0 Å². The summed E-state index contributed by atoms with van der Waals surface area (Å²) in [6.45, 7) is 0. The molecule has 0 unspecified atom stereocenters. The summed E-state index contributed by atoms with van der Waals surface area (Å²) in [5, 5.41) is 10.6. The molecular formula is C10H7BrF3NO4. The fraction of sp³-hybridized carbons (Fsp3) is 0.300. The molecule has 5 nitrogen and oxygen atoms in total. The number of carbonyl (C=O) groups is 1. The van der Waals surface area contributed by atoms with E-state index in [1.165, 1.54) is 12.1 Å². The zero-order valence-electron chi connectivity index (χ0n) is 9.24. The monoisotopic (exact) mass is 341 g/mol. The SMILES string of the molecule is O=C(CBr)Cc1cccc([N+](=O)[O-])c1OC(F)(F)F. The van der Waals surface area contributed by atoms with Crippen molar-refractivity contribution < 1.29 is 27.6 Å². The first kappa shape index (κ1) is 15.4. The molecule has 1 aromatic rings. The van der Waals surface area contributed by atoms with Gasteiger partial charge in [0.25, 0.3) is 0 Å². The van der Waals surface area contributed by atoms with Crippen LogP contribution in [0.25, 0.3) is 0 Å². The van der Waals surface area contributed by atoms with Crippen LogP contribution in [0.15, 0.2) is 18.2 Å². The van der Waals surface area contributed by atoms with Crippen molar-refractivity contribution in [3.05, 3.63) is 33.9 Å². The number of ketones is 1. The van der Waals surface area contributed by atoms with E-state index in [9.17, 15) is 28.1 Å². The largest absolute Gasteiger partial charge is 0.573 e.